The Morgan fingerprint density at radius 2 is 0.714 bits per heavy atom. The van der Waals surface area contributed by atoms with Gasteiger partial charge in [0.1, 0.15) is 0 Å². The Bertz CT molecular complexity index is 4930. The van der Waals surface area contributed by atoms with E-state index in [0.717, 1.165) is 17.1 Å². The summed E-state index contributed by atoms with van der Waals surface area (Å²) in [6.07, 6.45) is 9.19. The Morgan fingerprint density at radius 1 is 0.273 bits per heavy atom. The molecule has 4 aromatic heterocycles. The van der Waals surface area contributed by atoms with Crippen molar-refractivity contribution < 1.29 is 0 Å². The molecule has 0 saturated carbocycles. The van der Waals surface area contributed by atoms with Crippen molar-refractivity contribution in [1.29, 1.82) is 0 Å². The van der Waals surface area contributed by atoms with Crippen LogP contribution in [0.4, 0.5) is 11.4 Å². The predicted octanol–water partition coefficient (Wildman–Crippen LogP) is 18.5. The summed E-state index contributed by atoms with van der Waals surface area (Å²) >= 11 is 0. The summed E-state index contributed by atoms with van der Waals surface area (Å²) in [4.78, 5) is 2.59. The molecule has 77 heavy (non-hydrogen) atoms. The van der Waals surface area contributed by atoms with E-state index in [1.807, 2.05) is 0 Å². The number of fused-ring (bicyclic) bond motifs is 17. The number of nitrogens with zero attached hydrogens (tertiary/aromatic N) is 5. The highest BCUT2D eigenvalue weighted by molar-refractivity contribution is 6.26. The van der Waals surface area contributed by atoms with Crippen molar-refractivity contribution in [2.45, 2.75) is 12.0 Å². The Morgan fingerprint density at radius 3 is 1.35 bits per heavy atom. The first-order chi connectivity index (χ1) is 38.2. The van der Waals surface area contributed by atoms with E-state index in [0.29, 0.717) is 0 Å². The fourth-order valence-electron chi connectivity index (χ4n) is 13.6. The summed E-state index contributed by atoms with van der Waals surface area (Å²) < 4.78 is 9.85. The van der Waals surface area contributed by atoms with E-state index in [4.69, 9.17) is 0 Å². The van der Waals surface area contributed by atoms with E-state index in [1.165, 1.54) is 121 Å². The third-order valence-electron chi connectivity index (χ3n) is 16.9. The lowest BCUT2D eigenvalue weighted by molar-refractivity contribution is 0.745. The molecule has 0 spiro atoms. The molecule has 5 heteroatoms. The quantitative estimate of drug-likeness (QED) is 0.163. The van der Waals surface area contributed by atoms with Crippen molar-refractivity contribution in [2.75, 3.05) is 4.90 Å². The second-order valence-electron chi connectivity index (χ2n) is 20.8. The van der Waals surface area contributed by atoms with E-state index in [9.17, 15) is 0 Å². The molecule has 0 amide bonds. The maximum atomic E-state index is 2.59. The lowest BCUT2D eigenvalue weighted by Gasteiger charge is -2.29. The van der Waals surface area contributed by atoms with Gasteiger partial charge in [0, 0.05) is 77.4 Å². The molecule has 2 aliphatic rings. The standard InChI is InChI=1S/C72H47N5/c1-2-17-48(18-3-1)75-64-29-12-7-24-56(64)59-41-42-60-57-25-8-13-30-65(57)76(72(60)71(59)75)50-39-35-47(36-40-50)46-33-37-49(38-34-46)73-67-32-15-9-26-61(67)69-68(73)44-43-58-55-23-6-14-31-66(55)77(70(58)69)52-20-16-19-51(45-52)74-62-27-10-4-21-53(62)54-22-5-11-28-63(54)74/h1-45,57,65H. The molecule has 360 valence electrons. The average molecular weight is 982 g/mol. The molecule has 0 N–H and O–H groups in total. The number of para-hydroxylation sites is 6. The summed E-state index contributed by atoms with van der Waals surface area (Å²) in [5.41, 5.74) is 20.4. The fraction of sp³-hybridized carbons (Fsp3) is 0.0278. The van der Waals surface area contributed by atoms with Crippen LogP contribution in [0.25, 0.3) is 121 Å². The van der Waals surface area contributed by atoms with Gasteiger partial charge in [0.05, 0.1) is 55.9 Å². The third kappa shape index (κ3) is 5.99. The smallest absolute Gasteiger partial charge is 0.0782 e. The van der Waals surface area contributed by atoms with Gasteiger partial charge in [-0.3, -0.25) is 0 Å². The summed E-state index contributed by atoms with van der Waals surface area (Å²) in [6.45, 7) is 0. The highest BCUT2D eigenvalue weighted by Gasteiger charge is 2.40. The lowest BCUT2D eigenvalue weighted by Crippen LogP contribution is -2.28. The molecule has 5 heterocycles. The molecule has 1 aliphatic heterocycles. The number of allylic oxidation sites excluding steroid dienone is 2. The summed E-state index contributed by atoms with van der Waals surface area (Å²) in [6, 6.07) is 92.1. The fourth-order valence-corrected chi connectivity index (χ4v) is 13.6. The van der Waals surface area contributed by atoms with Crippen LogP contribution in [0.15, 0.2) is 273 Å². The van der Waals surface area contributed by atoms with Gasteiger partial charge in [-0.25, -0.2) is 0 Å². The monoisotopic (exact) mass is 981 g/mol. The van der Waals surface area contributed by atoms with Crippen molar-refractivity contribution in [3.63, 3.8) is 0 Å². The number of anilines is 2. The third-order valence-corrected chi connectivity index (χ3v) is 16.9. The van der Waals surface area contributed by atoms with Gasteiger partial charge in [0.15, 0.2) is 0 Å². The maximum Gasteiger partial charge on any atom is 0.0782 e. The summed E-state index contributed by atoms with van der Waals surface area (Å²) in [7, 11) is 0. The molecule has 17 rings (SSSR count). The van der Waals surface area contributed by atoms with E-state index in [1.54, 1.807) is 0 Å². The number of hydrogen-bond acceptors (Lipinski definition) is 1. The highest BCUT2D eigenvalue weighted by Crippen LogP contribution is 2.53. The van der Waals surface area contributed by atoms with Crippen LogP contribution in [0.2, 0.25) is 0 Å². The van der Waals surface area contributed by atoms with Gasteiger partial charge in [-0.15, -0.1) is 0 Å². The molecule has 1 aliphatic carbocycles. The molecule has 0 radical (unpaired) electrons. The molecule has 2 atom stereocenters. The number of aromatic nitrogens is 4. The maximum absolute atomic E-state index is 2.59. The molecular weight excluding hydrogens is 935 g/mol. The Kier molecular flexibility index (Phi) is 8.89. The highest BCUT2D eigenvalue weighted by atomic mass is 15.2. The van der Waals surface area contributed by atoms with Crippen LogP contribution in [0, 0.1) is 0 Å². The van der Waals surface area contributed by atoms with Crippen molar-refractivity contribution in [1.82, 2.24) is 18.3 Å². The van der Waals surface area contributed by atoms with Gasteiger partial charge in [0.2, 0.25) is 0 Å². The average Bonchev–Trinajstić information content (AvgIpc) is 4.47. The SMILES string of the molecule is C1=CC2c3ccc4c5ccccc5n(-c5ccccc5)c4c3N(c3ccc(-c4ccc(-n5c6ccccc6c6c5ccc5c7ccccc7n(-c7cccc(-n8c9ccccc9c9ccccc98)c7)c56)cc4)cc3)C2C=C1. The minimum Gasteiger partial charge on any atom is -0.332 e. The molecular formula is C72H47N5. The minimum atomic E-state index is 0.165. The van der Waals surface area contributed by atoms with Gasteiger partial charge in [-0.05, 0) is 108 Å². The second kappa shape index (κ2) is 16.2. The molecule has 15 aromatic rings. The Hall–Kier alpha value is -10.1. The molecule has 0 fully saturated rings. The van der Waals surface area contributed by atoms with Crippen LogP contribution in [-0.4, -0.2) is 24.3 Å². The first kappa shape index (κ1) is 42.3. The number of benzene rings is 11. The number of rotatable bonds is 6. The second-order valence-corrected chi connectivity index (χ2v) is 20.8. The van der Waals surface area contributed by atoms with Gasteiger partial charge in [-0.2, -0.15) is 0 Å². The van der Waals surface area contributed by atoms with Crippen LogP contribution in [0.5, 0.6) is 0 Å². The lowest BCUT2D eigenvalue weighted by atomic mass is 9.91. The number of hydrogen-bond donors (Lipinski definition) is 0. The zero-order chi connectivity index (χ0) is 50.3. The first-order valence-corrected chi connectivity index (χ1v) is 26.8. The molecule has 0 saturated heterocycles. The zero-order valence-electron chi connectivity index (χ0n) is 41.9. The van der Waals surface area contributed by atoms with Gasteiger partial charge < -0.3 is 23.2 Å². The Balaban J connectivity index is 0.782. The first-order valence-electron chi connectivity index (χ1n) is 26.8. The van der Waals surface area contributed by atoms with Crippen molar-refractivity contribution in [2.24, 2.45) is 0 Å². The van der Waals surface area contributed by atoms with Crippen LogP contribution < -0.4 is 4.90 Å². The van der Waals surface area contributed by atoms with E-state index in [2.05, 4.69) is 296 Å². The summed E-state index contributed by atoms with van der Waals surface area (Å²) in [5, 5.41) is 10.0. The van der Waals surface area contributed by atoms with E-state index >= 15 is 0 Å². The topological polar surface area (TPSA) is 23.0 Å². The zero-order valence-corrected chi connectivity index (χ0v) is 41.9. The molecule has 0 bridgehead atoms. The van der Waals surface area contributed by atoms with E-state index in [-0.39, 0.29) is 12.0 Å². The van der Waals surface area contributed by atoms with Crippen LogP contribution in [-0.2, 0) is 0 Å². The van der Waals surface area contributed by atoms with Crippen molar-refractivity contribution in [3.8, 4) is 33.9 Å². The molecule has 2 unspecified atom stereocenters. The van der Waals surface area contributed by atoms with Gasteiger partial charge >= 0.3 is 0 Å². The van der Waals surface area contributed by atoms with Crippen LogP contribution in [0.1, 0.15) is 11.5 Å². The summed E-state index contributed by atoms with van der Waals surface area (Å²) in [5.74, 6) is 0.248. The molecule has 11 aromatic carbocycles. The normalized spacial score (nSPS) is 15.1. The largest absolute Gasteiger partial charge is 0.332 e. The van der Waals surface area contributed by atoms with Crippen LogP contribution in [0.3, 0.4) is 0 Å². The molecule has 5 nitrogen and oxygen atoms in total. The van der Waals surface area contributed by atoms with Crippen molar-refractivity contribution in [3.05, 3.63) is 279 Å². The van der Waals surface area contributed by atoms with Crippen LogP contribution >= 0.6 is 0 Å². The Labute approximate surface area is 443 Å². The van der Waals surface area contributed by atoms with E-state index < -0.39 is 0 Å². The van der Waals surface area contributed by atoms with Crippen molar-refractivity contribution >= 4 is 98.6 Å². The minimum absolute atomic E-state index is 0.165. The van der Waals surface area contributed by atoms with Gasteiger partial charge in [0.25, 0.3) is 0 Å². The van der Waals surface area contributed by atoms with Gasteiger partial charge in [-0.1, -0.05) is 182 Å². The predicted molar refractivity (Wildman–Crippen MR) is 323 cm³/mol.